The second kappa shape index (κ2) is 9.24. The van der Waals surface area contributed by atoms with Crippen LogP contribution in [0.25, 0.3) is 11.4 Å². The third-order valence-corrected chi connectivity index (χ3v) is 4.33. The predicted molar refractivity (Wildman–Crippen MR) is 113 cm³/mol. The Kier molecular flexibility index (Phi) is 6.50. The van der Waals surface area contributed by atoms with E-state index in [1.54, 1.807) is 44.4 Å². The molecule has 1 N–H and O–H groups in total. The molecule has 1 heterocycles. The van der Waals surface area contributed by atoms with Gasteiger partial charge in [-0.25, -0.2) is 5.10 Å². The highest BCUT2D eigenvalue weighted by Crippen LogP contribution is 2.37. The molecule has 3 rings (SSSR count). The fraction of sp³-hybridized carbons (Fsp3) is 0.250. The number of H-pyrrole nitrogens is 1. The summed E-state index contributed by atoms with van der Waals surface area (Å²) in [6.07, 6.45) is 1.64. The fourth-order valence-corrected chi connectivity index (χ4v) is 2.96. The van der Waals surface area contributed by atoms with Crippen LogP contribution >= 0.6 is 12.2 Å². The molecule has 2 aromatic carbocycles. The van der Waals surface area contributed by atoms with Gasteiger partial charge in [0.1, 0.15) is 5.75 Å². The SMILES string of the molecule is CCOc1cccc(-c2n[nH]c(=S)n2/N=C\c2cc(OC)c(OC)c(OC)c2)c1. The van der Waals surface area contributed by atoms with Crippen molar-refractivity contribution in [1.82, 2.24) is 14.9 Å². The summed E-state index contributed by atoms with van der Waals surface area (Å²) in [5, 5.41) is 11.6. The van der Waals surface area contributed by atoms with Gasteiger partial charge in [-0.2, -0.15) is 14.9 Å². The molecule has 0 unspecified atom stereocenters. The van der Waals surface area contributed by atoms with Gasteiger partial charge in [0, 0.05) is 11.1 Å². The first-order chi connectivity index (χ1) is 14.1. The van der Waals surface area contributed by atoms with Gasteiger partial charge in [-0.3, -0.25) is 0 Å². The van der Waals surface area contributed by atoms with Crippen molar-refractivity contribution >= 4 is 18.4 Å². The standard InChI is InChI=1S/C20H22N4O4S/c1-5-28-15-8-6-7-14(11-15)19-22-23-20(29)24(19)21-12-13-9-16(25-2)18(27-4)17(10-13)26-3/h6-12H,5H2,1-4H3,(H,23,29)/b21-12-. The highest BCUT2D eigenvalue weighted by molar-refractivity contribution is 7.71. The van der Waals surface area contributed by atoms with Gasteiger partial charge in [0.25, 0.3) is 0 Å². The number of nitrogens with one attached hydrogen (secondary N) is 1. The summed E-state index contributed by atoms with van der Waals surface area (Å²) >= 11 is 5.34. The smallest absolute Gasteiger partial charge is 0.216 e. The van der Waals surface area contributed by atoms with E-state index in [4.69, 9.17) is 31.2 Å². The van der Waals surface area contributed by atoms with Gasteiger partial charge in [0.05, 0.1) is 34.2 Å². The van der Waals surface area contributed by atoms with Crippen LogP contribution in [0.15, 0.2) is 41.5 Å². The summed E-state index contributed by atoms with van der Waals surface area (Å²) < 4.78 is 23.6. The molecule has 8 nitrogen and oxygen atoms in total. The summed E-state index contributed by atoms with van der Waals surface area (Å²) in [4.78, 5) is 0. The molecule has 0 aliphatic heterocycles. The minimum Gasteiger partial charge on any atom is -0.494 e. The average Bonchev–Trinajstić information content (AvgIpc) is 3.12. The molecule has 0 bridgehead atoms. The Labute approximate surface area is 173 Å². The van der Waals surface area contributed by atoms with Crippen LogP contribution in [0, 0.1) is 4.77 Å². The Morgan fingerprint density at radius 1 is 1.10 bits per heavy atom. The number of hydrogen-bond acceptors (Lipinski definition) is 7. The van der Waals surface area contributed by atoms with Crippen molar-refractivity contribution in [2.24, 2.45) is 5.10 Å². The van der Waals surface area contributed by atoms with Gasteiger partial charge in [-0.15, -0.1) is 0 Å². The maximum absolute atomic E-state index is 5.57. The molecule has 29 heavy (non-hydrogen) atoms. The molecule has 0 radical (unpaired) electrons. The molecule has 3 aromatic rings. The minimum absolute atomic E-state index is 0.366. The number of methoxy groups -OCH3 is 3. The molecule has 9 heteroatoms. The number of ether oxygens (including phenoxy) is 4. The van der Waals surface area contributed by atoms with E-state index in [1.165, 1.54) is 0 Å². The number of hydrogen-bond donors (Lipinski definition) is 1. The molecule has 0 saturated carbocycles. The fourth-order valence-electron chi connectivity index (χ4n) is 2.78. The maximum atomic E-state index is 5.57. The van der Waals surface area contributed by atoms with Crippen LogP contribution in [-0.4, -0.2) is 49.0 Å². The number of aromatic amines is 1. The zero-order valence-electron chi connectivity index (χ0n) is 16.6. The zero-order valence-corrected chi connectivity index (χ0v) is 17.4. The Balaban J connectivity index is 2.00. The van der Waals surface area contributed by atoms with Crippen LogP contribution in [0.3, 0.4) is 0 Å². The van der Waals surface area contributed by atoms with E-state index in [0.717, 1.165) is 16.9 Å². The summed E-state index contributed by atoms with van der Waals surface area (Å²) in [6.45, 7) is 2.51. The largest absolute Gasteiger partial charge is 0.494 e. The van der Waals surface area contributed by atoms with Crippen molar-refractivity contribution in [3.8, 4) is 34.4 Å². The van der Waals surface area contributed by atoms with Gasteiger partial charge in [-0.05, 0) is 43.4 Å². The predicted octanol–water partition coefficient (Wildman–Crippen LogP) is 3.91. The molecule has 0 aliphatic rings. The molecule has 0 atom stereocenters. The first kappa shape index (κ1) is 20.4. The zero-order chi connectivity index (χ0) is 20.8. The quantitative estimate of drug-likeness (QED) is 0.444. The van der Waals surface area contributed by atoms with Crippen molar-refractivity contribution in [1.29, 1.82) is 0 Å². The van der Waals surface area contributed by atoms with E-state index < -0.39 is 0 Å². The van der Waals surface area contributed by atoms with E-state index >= 15 is 0 Å². The second-order valence-electron chi connectivity index (χ2n) is 5.83. The topological polar surface area (TPSA) is 82.9 Å². The summed E-state index contributed by atoms with van der Waals surface area (Å²) in [5.41, 5.74) is 1.57. The van der Waals surface area contributed by atoms with Crippen LogP contribution in [0.2, 0.25) is 0 Å². The first-order valence-corrected chi connectivity index (χ1v) is 9.27. The Morgan fingerprint density at radius 2 is 1.83 bits per heavy atom. The van der Waals surface area contributed by atoms with E-state index in [9.17, 15) is 0 Å². The molecule has 152 valence electrons. The number of rotatable bonds is 8. The molecule has 0 aliphatic carbocycles. The summed E-state index contributed by atoms with van der Waals surface area (Å²) in [7, 11) is 4.68. The van der Waals surface area contributed by atoms with Crippen molar-refractivity contribution in [2.45, 2.75) is 6.92 Å². The molecular formula is C20H22N4O4S. The number of aromatic nitrogens is 3. The third kappa shape index (κ3) is 4.40. The maximum Gasteiger partial charge on any atom is 0.216 e. The van der Waals surface area contributed by atoms with E-state index in [-0.39, 0.29) is 0 Å². The van der Waals surface area contributed by atoms with E-state index in [1.807, 2.05) is 31.2 Å². The lowest BCUT2D eigenvalue weighted by Gasteiger charge is -2.12. The lowest BCUT2D eigenvalue weighted by molar-refractivity contribution is 0.324. The first-order valence-electron chi connectivity index (χ1n) is 8.86. The summed E-state index contributed by atoms with van der Waals surface area (Å²) in [6, 6.07) is 11.2. The molecule has 0 spiro atoms. The van der Waals surface area contributed by atoms with Gasteiger partial charge in [0.2, 0.25) is 10.5 Å². The van der Waals surface area contributed by atoms with Crippen molar-refractivity contribution < 1.29 is 18.9 Å². The van der Waals surface area contributed by atoms with Crippen LogP contribution in [0.5, 0.6) is 23.0 Å². The van der Waals surface area contributed by atoms with Crippen LogP contribution < -0.4 is 18.9 Å². The molecule has 1 aromatic heterocycles. The normalized spacial score (nSPS) is 10.9. The van der Waals surface area contributed by atoms with E-state index in [0.29, 0.717) is 34.5 Å². The average molecular weight is 414 g/mol. The van der Waals surface area contributed by atoms with Crippen molar-refractivity contribution in [2.75, 3.05) is 27.9 Å². The highest BCUT2D eigenvalue weighted by Gasteiger charge is 2.13. The molecule has 0 fully saturated rings. The Hall–Kier alpha value is -3.33. The van der Waals surface area contributed by atoms with Crippen LogP contribution in [-0.2, 0) is 0 Å². The number of nitrogens with zero attached hydrogens (tertiary/aromatic N) is 3. The van der Waals surface area contributed by atoms with Gasteiger partial charge in [-0.1, -0.05) is 12.1 Å². The van der Waals surface area contributed by atoms with Gasteiger partial charge in [0.15, 0.2) is 17.3 Å². The second-order valence-corrected chi connectivity index (χ2v) is 6.21. The lowest BCUT2D eigenvalue weighted by Crippen LogP contribution is -1.99. The molecule has 0 saturated heterocycles. The van der Waals surface area contributed by atoms with Crippen molar-refractivity contribution in [3.63, 3.8) is 0 Å². The van der Waals surface area contributed by atoms with Crippen molar-refractivity contribution in [3.05, 3.63) is 46.7 Å². The molecule has 0 amide bonds. The van der Waals surface area contributed by atoms with Gasteiger partial charge >= 0.3 is 0 Å². The molecular weight excluding hydrogens is 392 g/mol. The van der Waals surface area contributed by atoms with Crippen LogP contribution in [0.4, 0.5) is 0 Å². The number of benzene rings is 2. The van der Waals surface area contributed by atoms with E-state index in [2.05, 4.69) is 15.3 Å². The third-order valence-electron chi connectivity index (χ3n) is 4.06. The van der Waals surface area contributed by atoms with Crippen LogP contribution in [0.1, 0.15) is 12.5 Å². The Morgan fingerprint density at radius 3 is 2.45 bits per heavy atom. The highest BCUT2D eigenvalue weighted by atomic mass is 32.1. The van der Waals surface area contributed by atoms with Gasteiger partial charge < -0.3 is 18.9 Å². The lowest BCUT2D eigenvalue weighted by atomic mass is 10.2. The Bertz CT molecular complexity index is 1050. The minimum atomic E-state index is 0.366. The summed E-state index contributed by atoms with van der Waals surface area (Å²) in [5.74, 6) is 2.90. The monoisotopic (exact) mass is 414 g/mol.